The lowest BCUT2D eigenvalue weighted by molar-refractivity contribution is -0.389. The highest BCUT2D eigenvalue weighted by Crippen LogP contribution is 2.30. The van der Waals surface area contributed by atoms with Crippen LogP contribution in [0.2, 0.25) is 0 Å². The third-order valence-corrected chi connectivity index (χ3v) is 13.4. The molecule has 65 heavy (non-hydrogen) atoms. The van der Waals surface area contributed by atoms with Gasteiger partial charge < -0.3 is 71.1 Å². The van der Waals surface area contributed by atoms with Gasteiger partial charge in [-0.25, -0.2) is 9.37 Å². The number of hydrogen-bond acceptors (Lipinski definition) is 17. The highest BCUT2D eigenvalue weighted by molar-refractivity contribution is 5.49. The number of rotatable bonds is 10. The molecule has 20 heteroatoms. The van der Waals surface area contributed by atoms with Crippen LogP contribution in [0.4, 0.5) is 33.2 Å². The predicted molar refractivity (Wildman–Crippen MR) is 247 cm³/mol. The van der Waals surface area contributed by atoms with E-state index in [-0.39, 0.29) is 11.6 Å². The largest absolute Gasteiger partial charge is 0.388 e. The second-order valence-corrected chi connectivity index (χ2v) is 18.5. The first-order chi connectivity index (χ1) is 31.2. The monoisotopic (exact) mass is 909 g/mol. The highest BCUT2D eigenvalue weighted by atomic mass is 19.1. The molecule has 0 atom stereocenters. The number of likely N-dealkylation sites (tertiary alicyclic amines) is 3. The molecule has 9 heterocycles. The Morgan fingerprint density at radius 3 is 1.26 bits per heavy atom. The fourth-order valence-electron chi connectivity index (χ4n) is 9.53. The number of nitrogen functional groups attached to an aromatic ring is 1. The quantitative estimate of drug-likeness (QED) is 0.143. The summed E-state index contributed by atoms with van der Waals surface area (Å²) in [5.74, 6) is -0.505. The Bertz CT molecular complexity index is 1890. The van der Waals surface area contributed by atoms with E-state index in [0.717, 1.165) is 153 Å². The number of anilines is 3. The maximum atomic E-state index is 12.1. The average Bonchev–Trinajstić information content (AvgIpc) is 4.12. The van der Waals surface area contributed by atoms with Crippen molar-refractivity contribution in [2.75, 3.05) is 114 Å². The van der Waals surface area contributed by atoms with Crippen LogP contribution in [-0.4, -0.2) is 170 Å². The minimum atomic E-state index is -0.681. The number of nitrogens with two attached hydrogens (primary N) is 1. The minimum Gasteiger partial charge on any atom is -0.388 e. The fraction of sp³-hybridized carbons (Fsp3) is 0.667. The van der Waals surface area contributed by atoms with Gasteiger partial charge in [0.25, 0.3) is 0 Å². The number of nitrogens with one attached hydrogen (secondary N) is 1. The molecule has 19 nitrogen and oxygen atoms in total. The first kappa shape index (κ1) is 49.7. The lowest BCUT2D eigenvalue weighted by atomic mass is 9.90. The third-order valence-electron chi connectivity index (χ3n) is 13.4. The van der Waals surface area contributed by atoms with Crippen molar-refractivity contribution in [2.24, 2.45) is 0 Å². The molecule has 9 rings (SSSR count). The van der Waals surface area contributed by atoms with Gasteiger partial charge in [0.15, 0.2) is 18.2 Å². The van der Waals surface area contributed by atoms with E-state index < -0.39 is 32.5 Å². The fourth-order valence-corrected chi connectivity index (χ4v) is 9.53. The summed E-state index contributed by atoms with van der Waals surface area (Å²) in [4.78, 5) is 42.2. The van der Waals surface area contributed by atoms with Gasteiger partial charge in [0.2, 0.25) is 0 Å². The molecule has 0 amide bonds. The van der Waals surface area contributed by atoms with Crippen molar-refractivity contribution in [1.29, 1.82) is 0 Å². The van der Waals surface area contributed by atoms with Crippen LogP contribution in [0.15, 0.2) is 55.0 Å². The molecule has 0 unspecified atom stereocenters. The number of pyridine rings is 3. The van der Waals surface area contributed by atoms with Crippen molar-refractivity contribution >= 4 is 28.8 Å². The number of nitro groups is 2. The SMILES string of the molecule is Nc1ccc(N2CCC(O)(CN3CCCC3)CC2)cn1.O=[N+]([O-])c1ccc(F)cn1.O=[N+]([O-])c1ccc(N2CCC(O)(CN3CCCC3)CC2)cn1.OC1(CN2CCCC2)CCNCC1. The lowest BCUT2D eigenvalue weighted by Crippen LogP contribution is -2.50. The number of aliphatic hydroxyl groups is 3. The van der Waals surface area contributed by atoms with Crippen molar-refractivity contribution in [3.63, 3.8) is 0 Å². The first-order valence-electron chi connectivity index (χ1n) is 23.3. The van der Waals surface area contributed by atoms with Crippen LogP contribution in [0.25, 0.3) is 0 Å². The normalized spacial score (nSPS) is 21.8. The van der Waals surface area contributed by atoms with Gasteiger partial charge in [-0.05, 0) is 173 Å². The van der Waals surface area contributed by atoms with Crippen molar-refractivity contribution in [1.82, 2.24) is 35.0 Å². The predicted octanol–water partition coefficient (Wildman–Crippen LogP) is 3.83. The summed E-state index contributed by atoms with van der Waals surface area (Å²) in [7, 11) is 0. The Hall–Kier alpha value is -4.70. The van der Waals surface area contributed by atoms with Crippen LogP contribution in [0.1, 0.15) is 77.0 Å². The van der Waals surface area contributed by atoms with E-state index in [1.165, 1.54) is 57.7 Å². The van der Waals surface area contributed by atoms with Gasteiger partial charge in [-0.15, -0.1) is 0 Å². The number of β-amino-alcohol motifs (C(OH)–C–C–N with tert-alkyl or cyclic N) is 3. The van der Waals surface area contributed by atoms with Crippen molar-refractivity contribution in [3.05, 3.63) is 81.0 Å². The van der Waals surface area contributed by atoms with Crippen LogP contribution in [0.3, 0.4) is 0 Å². The van der Waals surface area contributed by atoms with E-state index in [0.29, 0.717) is 5.82 Å². The lowest BCUT2D eigenvalue weighted by Gasteiger charge is -2.41. The average molecular weight is 909 g/mol. The highest BCUT2D eigenvalue weighted by Gasteiger charge is 2.37. The molecule has 0 bridgehead atoms. The molecule has 3 aromatic rings. The molecule has 3 aromatic heterocycles. The summed E-state index contributed by atoms with van der Waals surface area (Å²) in [5.41, 5.74) is 6.09. The van der Waals surface area contributed by atoms with Crippen LogP contribution < -0.4 is 20.9 Å². The number of nitrogens with zero attached hydrogens (tertiary/aromatic N) is 10. The van der Waals surface area contributed by atoms with Gasteiger partial charge in [-0.2, -0.15) is 0 Å². The minimum absolute atomic E-state index is 0.133. The topological polar surface area (TPSA) is 240 Å². The summed E-state index contributed by atoms with van der Waals surface area (Å²) >= 11 is 0. The van der Waals surface area contributed by atoms with Crippen LogP contribution >= 0.6 is 0 Å². The molecule has 0 aromatic carbocycles. The first-order valence-corrected chi connectivity index (χ1v) is 23.3. The number of piperidine rings is 3. The molecular weight excluding hydrogens is 840 g/mol. The van der Waals surface area contributed by atoms with Gasteiger partial charge in [0.1, 0.15) is 5.82 Å². The standard InChI is InChI=1S/C15H22N4O3.C15H24N4O.C10H20N2O.C5H3FN2O2/c20-15(12-17-7-1-2-8-17)5-9-18(10-6-15)13-3-4-14(16-11-13)19(21)22;16-14-4-3-13(11-17-14)19-9-5-15(20,6-10-19)12-18-7-1-2-8-18;13-10(3-5-11-6-4-10)9-12-7-1-2-8-12;6-4-1-2-5(7-3-4)8(9)10/h3-4,11,20H,1-2,5-10,12H2;3-4,11,20H,1-2,5-10,12H2,(H2,16,17);11,13H,1-9H2;1-3H. The second-order valence-electron chi connectivity index (χ2n) is 18.5. The zero-order valence-electron chi connectivity index (χ0n) is 37.7. The molecule has 6 N–H and O–H groups in total. The number of halogens is 1. The summed E-state index contributed by atoms with van der Waals surface area (Å²) in [6.07, 6.45) is 16.8. The van der Waals surface area contributed by atoms with Gasteiger partial charge in [-0.3, -0.25) is 0 Å². The Labute approximate surface area is 381 Å². The number of hydrogen-bond donors (Lipinski definition) is 5. The Kier molecular flexibility index (Phi) is 18.1. The second kappa shape index (κ2) is 23.7. The Morgan fingerprint density at radius 2 is 0.923 bits per heavy atom. The van der Waals surface area contributed by atoms with E-state index in [4.69, 9.17) is 5.73 Å². The summed E-state index contributed by atoms with van der Waals surface area (Å²) in [6.45, 7) is 14.6. The molecule has 0 radical (unpaired) electrons. The maximum Gasteiger partial charge on any atom is 0.363 e. The van der Waals surface area contributed by atoms with E-state index in [1.807, 2.05) is 18.3 Å². The van der Waals surface area contributed by atoms with Gasteiger partial charge >= 0.3 is 11.6 Å². The Balaban J connectivity index is 0.000000150. The molecule has 6 aliphatic heterocycles. The zero-order valence-corrected chi connectivity index (χ0v) is 37.7. The zero-order chi connectivity index (χ0) is 46.3. The molecule has 6 aliphatic rings. The summed E-state index contributed by atoms with van der Waals surface area (Å²) in [6, 6.07) is 9.00. The smallest absolute Gasteiger partial charge is 0.363 e. The van der Waals surface area contributed by atoms with Crippen molar-refractivity contribution < 1.29 is 29.6 Å². The molecular formula is C45H69FN12O7. The third kappa shape index (κ3) is 15.7. The summed E-state index contributed by atoms with van der Waals surface area (Å²) in [5, 5.41) is 55.6. The van der Waals surface area contributed by atoms with Gasteiger partial charge in [0.05, 0.1) is 34.4 Å². The molecule has 6 fully saturated rings. The van der Waals surface area contributed by atoms with Crippen molar-refractivity contribution in [3.8, 4) is 0 Å². The van der Waals surface area contributed by atoms with Crippen LogP contribution in [0, 0.1) is 26.0 Å². The molecule has 6 saturated heterocycles. The molecule has 0 spiro atoms. The molecule has 0 aliphatic carbocycles. The van der Waals surface area contributed by atoms with E-state index in [2.05, 4.69) is 44.8 Å². The van der Waals surface area contributed by atoms with E-state index in [1.54, 1.807) is 12.3 Å². The van der Waals surface area contributed by atoms with Gasteiger partial charge in [-0.1, -0.05) is 0 Å². The van der Waals surface area contributed by atoms with Crippen LogP contribution in [0.5, 0.6) is 0 Å². The Morgan fingerprint density at radius 1 is 0.554 bits per heavy atom. The summed E-state index contributed by atoms with van der Waals surface area (Å²) < 4.78 is 12.1. The van der Waals surface area contributed by atoms with Gasteiger partial charge in [0, 0.05) is 57.9 Å². The molecule has 358 valence electrons. The maximum absolute atomic E-state index is 12.1. The molecule has 0 saturated carbocycles. The number of aromatic nitrogens is 3. The van der Waals surface area contributed by atoms with Crippen LogP contribution in [-0.2, 0) is 0 Å². The van der Waals surface area contributed by atoms with E-state index >= 15 is 0 Å². The van der Waals surface area contributed by atoms with E-state index in [9.17, 15) is 39.9 Å². The van der Waals surface area contributed by atoms with Crippen molar-refractivity contribution in [2.45, 2.75) is 93.9 Å².